The molecular formula is C19H25F3N2O. The summed E-state index contributed by atoms with van der Waals surface area (Å²) in [4.78, 5) is 16.7. The number of alkyl halides is 3. The third kappa shape index (κ3) is 5.21. The molecule has 1 saturated heterocycles. The quantitative estimate of drug-likeness (QED) is 0.796. The van der Waals surface area contributed by atoms with Crippen molar-refractivity contribution < 1.29 is 18.0 Å². The number of likely N-dealkylation sites (tertiary alicyclic amines) is 1. The van der Waals surface area contributed by atoms with Gasteiger partial charge >= 0.3 is 6.18 Å². The summed E-state index contributed by atoms with van der Waals surface area (Å²) in [7, 11) is 0. The fraction of sp³-hybridized carbons (Fsp3) is 0.632. The van der Waals surface area contributed by atoms with Crippen LogP contribution in [0.15, 0.2) is 24.3 Å². The van der Waals surface area contributed by atoms with Gasteiger partial charge < -0.3 is 4.90 Å². The minimum absolute atomic E-state index is 0.153. The largest absolute Gasteiger partial charge is 0.416 e. The summed E-state index contributed by atoms with van der Waals surface area (Å²) >= 11 is 0. The Labute approximate surface area is 146 Å². The van der Waals surface area contributed by atoms with E-state index in [0.717, 1.165) is 56.5 Å². The van der Waals surface area contributed by atoms with Gasteiger partial charge in [-0.25, -0.2) is 0 Å². The van der Waals surface area contributed by atoms with Crippen LogP contribution in [-0.4, -0.2) is 41.4 Å². The molecule has 1 heterocycles. The maximum absolute atomic E-state index is 12.7. The summed E-state index contributed by atoms with van der Waals surface area (Å²) in [6, 6.07) is 5.68. The van der Waals surface area contributed by atoms with Gasteiger partial charge in [0.25, 0.3) is 0 Å². The summed E-state index contributed by atoms with van der Waals surface area (Å²) in [5.41, 5.74) is 0.193. The first-order valence-corrected chi connectivity index (χ1v) is 9.11. The first-order valence-electron chi connectivity index (χ1n) is 9.11. The Morgan fingerprint density at radius 1 is 1.04 bits per heavy atom. The van der Waals surface area contributed by atoms with E-state index in [1.807, 2.05) is 4.90 Å². The Kier molecular flexibility index (Phi) is 5.67. The Hall–Kier alpha value is -1.56. The molecule has 1 aromatic carbocycles. The van der Waals surface area contributed by atoms with Gasteiger partial charge in [-0.1, -0.05) is 25.0 Å². The fourth-order valence-corrected chi connectivity index (χ4v) is 3.38. The standard InChI is InChI=1S/C19H25F3N2O/c20-19(21,22)16-7-5-15(6-8-16)13-24(17-9-10-17)14-18(25)23-11-3-1-2-4-12-23/h5-8,17H,1-4,9-14H2. The van der Waals surface area contributed by atoms with Crippen molar-refractivity contribution in [2.75, 3.05) is 19.6 Å². The van der Waals surface area contributed by atoms with Gasteiger partial charge in [-0.15, -0.1) is 0 Å². The average Bonchev–Trinajstić information content (AvgIpc) is 3.40. The van der Waals surface area contributed by atoms with Gasteiger partial charge in [0.1, 0.15) is 0 Å². The highest BCUT2D eigenvalue weighted by atomic mass is 19.4. The number of nitrogens with zero attached hydrogens (tertiary/aromatic N) is 2. The predicted molar refractivity (Wildman–Crippen MR) is 89.9 cm³/mol. The minimum atomic E-state index is -4.31. The van der Waals surface area contributed by atoms with E-state index < -0.39 is 11.7 Å². The molecular weight excluding hydrogens is 329 g/mol. The van der Waals surface area contributed by atoms with Gasteiger partial charge in [-0.3, -0.25) is 9.69 Å². The Balaban J connectivity index is 1.60. The van der Waals surface area contributed by atoms with Crippen LogP contribution in [0, 0.1) is 0 Å². The number of benzene rings is 1. The first kappa shape index (κ1) is 18.2. The van der Waals surface area contributed by atoms with E-state index in [1.54, 1.807) is 0 Å². The summed E-state index contributed by atoms with van der Waals surface area (Å²) in [5.74, 6) is 0.153. The molecule has 1 aliphatic carbocycles. The molecule has 0 atom stereocenters. The third-order valence-electron chi connectivity index (χ3n) is 5.03. The minimum Gasteiger partial charge on any atom is -0.342 e. The Morgan fingerprint density at radius 2 is 1.64 bits per heavy atom. The maximum Gasteiger partial charge on any atom is 0.416 e. The average molecular weight is 354 g/mol. The monoisotopic (exact) mass is 354 g/mol. The molecule has 3 rings (SSSR count). The summed E-state index contributed by atoms with van der Waals surface area (Å²) < 4.78 is 38.0. The van der Waals surface area contributed by atoms with E-state index in [1.165, 1.54) is 25.0 Å². The third-order valence-corrected chi connectivity index (χ3v) is 5.03. The summed E-state index contributed by atoms with van der Waals surface area (Å²) in [5, 5.41) is 0. The van der Waals surface area contributed by atoms with Crippen molar-refractivity contribution >= 4 is 5.91 Å². The predicted octanol–water partition coefficient (Wildman–Crippen LogP) is 4.07. The maximum atomic E-state index is 12.7. The normalized spacial score (nSPS) is 19.1. The molecule has 25 heavy (non-hydrogen) atoms. The lowest BCUT2D eigenvalue weighted by Gasteiger charge is -2.26. The number of hydrogen-bond acceptors (Lipinski definition) is 2. The van der Waals surface area contributed by atoms with Crippen molar-refractivity contribution in [1.82, 2.24) is 9.80 Å². The van der Waals surface area contributed by atoms with Gasteiger partial charge in [-0.05, 0) is 43.4 Å². The highest BCUT2D eigenvalue weighted by Crippen LogP contribution is 2.31. The Morgan fingerprint density at radius 3 is 2.16 bits per heavy atom. The van der Waals surface area contributed by atoms with Crippen LogP contribution >= 0.6 is 0 Å². The zero-order valence-electron chi connectivity index (χ0n) is 14.4. The van der Waals surface area contributed by atoms with E-state index >= 15 is 0 Å². The Bertz CT molecular complexity index is 573. The number of hydrogen-bond donors (Lipinski definition) is 0. The topological polar surface area (TPSA) is 23.6 Å². The van der Waals surface area contributed by atoms with Crippen molar-refractivity contribution in [1.29, 1.82) is 0 Å². The van der Waals surface area contributed by atoms with Gasteiger partial charge in [0.2, 0.25) is 5.91 Å². The van der Waals surface area contributed by atoms with Crippen LogP contribution in [0.3, 0.4) is 0 Å². The van der Waals surface area contributed by atoms with Crippen LogP contribution in [0.1, 0.15) is 49.7 Å². The smallest absolute Gasteiger partial charge is 0.342 e. The molecule has 1 aromatic rings. The van der Waals surface area contributed by atoms with Gasteiger partial charge in [0, 0.05) is 25.7 Å². The number of amides is 1. The SMILES string of the molecule is O=C(CN(Cc1ccc(C(F)(F)F)cc1)C1CC1)N1CCCCCC1. The summed E-state index contributed by atoms with van der Waals surface area (Å²) in [6.45, 7) is 2.56. The molecule has 0 spiro atoms. The van der Waals surface area contributed by atoms with E-state index in [0.29, 0.717) is 19.1 Å². The van der Waals surface area contributed by atoms with E-state index in [9.17, 15) is 18.0 Å². The lowest BCUT2D eigenvalue weighted by atomic mass is 10.1. The lowest BCUT2D eigenvalue weighted by molar-refractivity contribution is -0.137. The molecule has 1 saturated carbocycles. The zero-order chi connectivity index (χ0) is 17.9. The highest BCUT2D eigenvalue weighted by Gasteiger charge is 2.32. The van der Waals surface area contributed by atoms with Gasteiger partial charge in [-0.2, -0.15) is 13.2 Å². The molecule has 1 amide bonds. The van der Waals surface area contributed by atoms with Crippen LogP contribution in [0.4, 0.5) is 13.2 Å². The summed E-state index contributed by atoms with van der Waals surface area (Å²) in [6.07, 6.45) is 2.31. The second-order valence-corrected chi connectivity index (χ2v) is 7.13. The molecule has 0 unspecified atom stereocenters. The van der Waals surface area contributed by atoms with Crippen molar-refractivity contribution in [3.8, 4) is 0 Å². The number of rotatable bonds is 5. The zero-order valence-corrected chi connectivity index (χ0v) is 14.4. The van der Waals surface area contributed by atoms with Gasteiger partial charge in [0.05, 0.1) is 12.1 Å². The molecule has 2 aliphatic rings. The molecule has 6 heteroatoms. The van der Waals surface area contributed by atoms with E-state index in [4.69, 9.17) is 0 Å². The molecule has 2 fully saturated rings. The first-order chi connectivity index (χ1) is 11.9. The fourth-order valence-electron chi connectivity index (χ4n) is 3.38. The highest BCUT2D eigenvalue weighted by molar-refractivity contribution is 5.78. The number of carbonyl (C=O) groups is 1. The van der Waals surface area contributed by atoms with Crippen molar-refractivity contribution in [3.05, 3.63) is 35.4 Å². The van der Waals surface area contributed by atoms with Crippen LogP contribution in [0.5, 0.6) is 0 Å². The molecule has 0 N–H and O–H groups in total. The van der Waals surface area contributed by atoms with E-state index in [2.05, 4.69) is 4.90 Å². The molecule has 1 aliphatic heterocycles. The molecule has 0 radical (unpaired) electrons. The van der Waals surface area contributed by atoms with Crippen LogP contribution in [0.2, 0.25) is 0 Å². The van der Waals surface area contributed by atoms with Crippen LogP contribution < -0.4 is 0 Å². The van der Waals surface area contributed by atoms with Crippen LogP contribution in [0.25, 0.3) is 0 Å². The second-order valence-electron chi connectivity index (χ2n) is 7.13. The van der Waals surface area contributed by atoms with Crippen molar-refractivity contribution in [3.63, 3.8) is 0 Å². The molecule has 3 nitrogen and oxygen atoms in total. The van der Waals surface area contributed by atoms with E-state index in [-0.39, 0.29) is 5.91 Å². The number of halogens is 3. The second kappa shape index (κ2) is 7.77. The molecule has 0 aromatic heterocycles. The van der Waals surface area contributed by atoms with Crippen molar-refractivity contribution in [2.24, 2.45) is 0 Å². The number of carbonyl (C=O) groups excluding carboxylic acids is 1. The molecule has 0 bridgehead atoms. The van der Waals surface area contributed by atoms with Crippen LogP contribution in [-0.2, 0) is 17.5 Å². The molecule has 138 valence electrons. The van der Waals surface area contributed by atoms with Gasteiger partial charge in [0.15, 0.2) is 0 Å². The van der Waals surface area contributed by atoms with Crippen molar-refractivity contribution in [2.45, 2.75) is 57.3 Å². The lowest BCUT2D eigenvalue weighted by Crippen LogP contribution is -2.41.